The van der Waals surface area contributed by atoms with E-state index in [1.165, 1.54) is 10.8 Å². The molecule has 5 heteroatoms. The van der Waals surface area contributed by atoms with Crippen molar-refractivity contribution in [3.05, 3.63) is 83.4 Å². The van der Waals surface area contributed by atoms with Crippen molar-refractivity contribution >= 4 is 45.0 Å². The smallest absolute Gasteiger partial charge is 0.241 e. The molecule has 0 saturated carbocycles. The second kappa shape index (κ2) is 7.87. The number of benzene rings is 3. The first-order chi connectivity index (χ1) is 13.6. The number of carbonyl (C=O) groups is 1. The lowest BCUT2D eigenvalue weighted by molar-refractivity contribution is -0.121. The van der Waals surface area contributed by atoms with Crippen molar-refractivity contribution in [1.82, 2.24) is 9.99 Å². The third kappa shape index (κ3) is 3.64. The van der Waals surface area contributed by atoms with E-state index in [2.05, 4.69) is 39.4 Å². The number of hydrogen-bond acceptors (Lipinski definition) is 2. The summed E-state index contributed by atoms with van der Waals surface area (Å²) < 4.78 is 2.19. The normalized spacial score (nSPS) is 11.9. The molecular formula is C23H20ClN3O. The van der Waals surface area contributed by atoms with Gasteiger partial charge in [-0.2, -0.15) is 5.10 Å². The van der Waals surface area contributed by atoms with Gasteiger partial charge in [-0.25, -0.2) is 5.43 Å². The topological polar surface area (TPSA) is 46.4 Å². The molecule has 0 bridgehead atoms. The van der Waals surface area contributed by atoms with Gasteiger partial charge in [-0.3, -0.25) is 4.79 Å². The van der Waals surface area contributed by atoms with E-state index in [9.17, 15) is 4.79 Å². The number of aryl methyl sites for hydroxylation is 1. The predicted octanol–water partition coefficient (Wildman–Crippen LogP) is 5.38. The van der Waals surface area contributed by atoms with Crippen LogP contribution in [0.4, 0.5) is 0 Å². The molecule has 1 amide bonds. The minimum Gasteiger partial charge on any atom is -0.340 e. The van der Waals surface area contributed by atoms with Gasteiger partial charge in [0.2, 0.25) is 5.91 Å². The third-order valence-corrected chi connectivity index (χ3v) is 5.10. The summed E-state index contributed by atoms with van der Waals surface area (Å²) in [7, 11) is 0. The second-order valence-electron chi connectivity index (χ2n) is 6.68. The van der Waals surface area contributed by atoms with Gasteiger partial charge in [0.15, 0.2) is 0 Å². The molecule has 0 saturated heterocycles. The Morgan fingerprint density at radius 2 is 1.50 bits per heavy atom. The van der Waals surface area contributed by atoms with Crippen LogP contribution in [0.3, 0.4) is 0 Å². The van der Waals surface area contributed by atoms with E-state index < -0.39 is 0 Å². The zero-order chi connectivity index (χ0) is 19.5. The largest absolute Gasteiger partial charge is 0.340 e. The Morgan fingerprint density at radius 1 is 0.929 bits per heavy atom. The van der Waals surface area contributed by atoms with Crippen LogP contribution in [0.5, 0.6) is 0 Å². The van der Waals surface area contributed by atoms with Crippen molar-refractivity contribution in [3.8, 4) is 0 Å². The van der Waals surface area contributed by atoms with Crippen LogP contribution >= 0.6 is 11.6 Å². The lowest BCUT2D eigenvalue weighted by atomic mass is 10.1. The van der Waals surface area contributed by atoms with Crippen LogP contribution in [-0.2, 0) is 11.3 Å². The third-order valence-electron chi connectivity index (χ3n) is 4.85. The Kier molecular flexibility index (Phi) is 5.13. The Bertz CT molecular complexity index is 1120. The number of amides is 1. The maximum atomic E-state index is 12.3. The van der Waals surface area contributed by atoms with E-state index in [1.807, 2.05) is 43.3 Å². The molecule has 4 aromatic rings. The Labute approximate surface area is 168 Å². The standard InChI is InChI=1S/C23H20ClN3O/c1-16(17-10-12-18(24)13-11-17)25-26-23(28)14-15-27-21-8-4-2-6-19(21)20-7-3-5-9-22(20)27/h2-13H,14-15H2,1H3,(H,26,28)/b25-16+. The molecule has 0 fully saturated rings. The number of rotatable bonds is 5. The summed E-state index contributed by atoms with van der Waals surface area (Å²) in [5, 5.41) is 7.29. The molecule has 1 aromatic heterocycles. The number of hydrogen-bond donors (Lipinski definition) is 1. The summed E-state index contributed by atoms with van der Waals surface area (Å²) in [6.07, 6.45) is 0.347. The molecule has 4 nitrogen and oxygen atoms in total. The molecule has 0 spiro atoms. The Morgan fingerprint density at radius 3 is 2.11 bits per heavy atom. The summed E-state index contributed by atoms with van der Waals surface area (Å²) in [5.74, 6) is -0.116. The van der Waals surface area contributed by atoms with Crippen molar-refractivity contribution in [3.63, 3.8) is 0 Å². The quantitative estimate of drug-likeness (QED) is 0.361. The number of fused-ring (bicyclic) bond motifs is 3. The molecule has 0 radical (unpaired) electrons. The fourth-order valence-electron chi connectivity index (χ4n) is 3.42. The van der Waals surface area contributed by atoms with E-state index in [-0.39, 0.29) is 5.91 Å². The first kappa shape index (κ1) is 18.3. The monoisotopic (exact) mass is 389 g/mol. The highest BCUT2D eigenvalue weighted by Crippen LogP contribution is 2.28. The van der Waals surface area contributed by atoms with Crippen molar-refractivity contribution < 1.29 is 4.79 Å². The minimum absolute atomic E-state index is 0.116. The van der Waals surface area contributed by atoms with Gasteiger partial charge in [-0.15, -0.1) is 0 Å². The molecule has 140 valence electrons. The maximum Gasteiger partial charge on any atom is 0.241 e. The highest BCUT2D eigenvalue weighted by molar-refractivity contribution is 6.30. The molecule has 3 aromatic carbocycles. The van der Waals surface area contributed by atoms with Gasteiger partial charge in [0, 0.05) is 39.8 Å². The Balaban J connectivity index is 1.49. The van der Waals surface area contributed by atoms with Crippen LogP contribution in [0.25, 0.3) is 21.8 Å². The van der Waals surface area contributed by atoms with E-state index in [0.29, 0.717) is 18.0 Å². The number of halogens is 1. The molecule has 1 N–H and O–H groups in total. The summed E-state index contributed by atoms with van der Waals surface area (Å²) in [6.45, 7) is 2.45. The molecule has 28 heavy (non-hydrogen) atoms. The van der Waals surface area contributed by atoms with Gasteiger partial charge in [0.25, 0.3) is 0 Å². The number of carbonyl (C=O) groups excluding carboxylic acids is 1. The van der Waals surface area contributed by atoms with Crippen LogP contribution in [0.15, 0.2) is 77.9 Å². The highest BCUT2D eigenvalue weighted by atomic mass is 35.5. The summed E-state index contributed by atoms with van der Waals surface area (Å²) in [5.41, 5.74) is 6.59. The van der Waals surface area contributed by atoms with Gasteiger partial charge in [-0.1, -0.05) is 60.1 Å². The van der Waals surface area contributed by atoms with Crippen molar-refractivity contribution in [2.45, 2.75) is 19.9 Å². The summed E-state index contributed by atoms with van der Waals surface area (Å²) >= 11 is 5.90. The number of aromatic nitrogens is 1. The lowest BCUT2D eigenvalue weighted by Gasteiger charge is -2.07. The van der Waals surface area contributed by atoms with Crippen molar-refractivity contribution in [1.29, 1.82) is 0 Å². The highest BCUT2D eigenvalue weighted by Gasteiger charge is 2.11. The van der Waals surface area contributed by atoms with Gasteiger partial charge in [-0.05, 0) is 36.8 Å². The summed E-state index contributed by atoms with van der Waals surface area (Å²) in [6, 6.07) is 23.9. The average molecular weight is 390 g/mol. The molecular weight excluding hydrogens is 370 g/mol. The number of nitrogens with one attached hydrogen (secondary N) is 1. The van der Waals surface area contributed by atoms with Gasteiger partial charge in [0.1, 0.15) is 0 Å². The molecule has 4 rings (SSSR count). The zero-order valence-electron chi connectivity index (χ0n) is 15.5. The predicted molar refractivity (Wildman–Crippen MR) is 116 cm³/mol. The minimum atomic E-state index is -0.116. The van der Waals surface area contributed by atoms with Gasteiger partial charge >= 0.3 is 0 Å². The second-order valence-corrected chi connectivity index (χ2v) is 7.11. The van der Waals surface area contributed by atoms with Crippen LogP contribution < -0.4 is 5.43 Å². The molecule has 1 heterocycles. The number of nitrogens with zero attached hydrogens (tertiary/aromatic N) is 2. The van der Waals surface area contributed by atoms with E-state index in [1.54, 1.807) is 12.1 Å². The first-order valence-electron chi connectivity index (χ1n) is 9.18. The van der Waals surface area contributed by atoms with E-state index in [4.69, 9.17) is 11.6 Å². The molecule has 0 atom stereocenters. The van der Waals surface area contributed by atoms with Crippen LogP contribution in [0, 0.1) is 0 Å². The fourth-order valence-corrected chi connectivity index (χ4v) is 3.54. The zero-order valence-corrected chi connectivity index (χ0v) is 16.3. The summed E-state index contributed by atoms with van der Waals surface area (Å²) in [4.78, 5) is 12.3. The first-order valence-corrected chi connectivity index (χ1v) is 9.56. The SMILES string of the molecule is C/C(=N\NC(=O)CCn1c2ccccc2c2ccccc21)c1ccc(Cl)cc1. The maximum absolute atomic E-state index is 12.3. The van der Waals surface area contributed by atoms with E-state index >= 15 is 0 Å². The van der Waals surface area contributed by atoms with Crippen LogP contribution in [0.2, 0.25) is 5.02 Å². The van der Waals surface area contributed by atoms with Crippen LogP contribution in [0.1, 0.15) is 18.9 Å². The molecule has 0 unspecified atom stereocenters. The van der Waals surface area contributed by atoms with Gasteiger partial charge in [0.05, 0.1) is 5.71 Å². The number of para-hydroxylation sites is 2. The van der Waals surface area contributed by atoms with Crippen molar-refractivity contribution in [2.24, 2.45) is 5.10 Å². The molecule has 0 aliphatic carbocycles. The van der Waals surface area contributed by atoms with E-state index in [0.717, 1.165) is 22.3 Å². The van der Waals surface area contributed by atoms with Crippen molar-refractivity contribution in [2.75, 3.05) is 0 Å². The Hall–Kier alpha value is -3.11. The lowest BCUT2D eigenvalue weighted by Crippen LogP contribution is -2.20. The van der Waals surface area contributed by atoms with Crippen LogP contribution in [-0.4, -0.2) is 16.2 Å². The molecule has 0 aliphatic heterocycles. The van der Waals surface area contributed by atoms with Gasteiger partial charge < -0.3 is 4.57 Å². The fraction of sp³-hybridized carbons (Fsp3) is 0.130. The average Bonchev–Trinajstić information content (AvgIpc) is 3.05. The number of hydrazone groups is 1. The molecule has 0 aliphatic rings.